The van der Waals surface area contributed by atoms with E-state index in [2.05, 4.69) is 20.8 Å². The molecule has 110 valence electrons. The summed E-state index contributed by atoms with van der Waals surface area (Å²) in [7, 11) is 0. The summed E-state index contributed by atoms with van der Waals surface area (Å²) in [4.78, 5) is 12.9. The molecule has 1 amide bonds. The number of aromatic nitrogens is 2. The maximum absolute atomic E-state index is 12.3. The van der Waals surface area contributed by atoms with Gasteiger partial charge in [0, 0.05) is 18.1 Å². The Morgan fingerprint density at radius 2 is 2.38 bits per heavy atom. The van der Waals surface area contributed by atoms with Crippen LogP contribution in [0.4, 0.5) is 0 Å². The molecule has 0 radical (unpaired) electrons. The Morgan fingerprint density at radius 3 is 3.10 bits per heavy atom. The van der Waals surface area contributed by atoms with E-state index in [0.29, 0.717) is 27.2 Å². The number of nitrogens with one attached hydrogen (secondary N) is 2. The van der Waals surface area contributed by atoms with E-state index < -0.39 is 0 Å². The first-order valence-electron chi connectivity index (χ1n) is 6.89. The lowest BCUT2D eigenvalue weighted by Crippen LogP contribution is -2.42. The number of fused-ring (bicyclic) bond motifs is 2. The molecule has 8 heteroatoms. The highest BCUT2D eigenvalue weighted by Gasteiger charge is 2.39. The monoisotopic (exact) mass is 322 g/mol. The van der Waals surface area contributed by atoms with Crippen molar-refractivity contribution in [3.63, 3.8) is 0 Å². The van der Waals surface area contributed by atoms with Gasteiger partial charge in [0.2, 0.25) is 0 Å². The highest BCUT2D eigenvalue weighted by atomic mass is 32.1. The summed E-state index contributed by atoms with van der Waals surface area (Å²) in [6.07, 6.45) is 3.43. The predicted molar refractivity (Wildman–Crippen MR) is 80.1 cm³/mol. The fourth-order valence-corrected chi connectivity index (χ4v) is 4.24. The quantitative estimate of drug-likeness (QED) is 0.900. The fourth-order valence-electron chi connectivity index (χ4n) is 3.01. The number of hydrogen-bond acceptors (Lipinski definition) is 7. The van der Waals surface area contributed by atoms with Crippen molar-refractivity contribution in [1.82, 2.24) is 20.8 Å². The van der Waals surface area contributed by atoms with Gasteiger partial charge in [0.1, 0.15) is 5.51 Å². The molecule has 2 aliphatic heterocycles. The van der Waals surface area contributed by atoms with Gasteiger partial charge in [-0.25, -0.2) is 0 Å². The summed E-state index contributed by atoms with van der Waals surface area (Å²) < 4.78 is 5.54. The third-order valence-corrected chi connectivity index (χ3v) is 5.48. The standard InChI is InChI=1S/C13H14N4O2S2/c18-12(16-9-5-7-1-2-8(9)15-7)10-3-4-11(21-10)19-13-17-14-6-20-13/h3-4,6-9,15H,1-2,5H2,(H,16,18)/t7-,8+,9-/m1/s1. The molecule has 6 nitrogen and oxygen atoms in total. The van der Waals surface area contributed by atoms with Gasteiger partial charge in [0.05, 0.1) is 4.88 Å². The molecule has 0 aromatic carbocycles. The second kappa shape index (κ2) is 5.36. The maximum Gasteiger partial charge on any atom is 0.300 e. The third kappa shape index (κ3) is 2.66. The second-order valence-electron chi connectivity index (χ2n) is 5.29. The van der Waals surface area contributed by atoms with E-state index in [1.54, 1.807) is 17.6 Å². The first kappa shape index (κ1) is 13.2. The van der Waals surface area contributed by atoms with Gasteiger partial charge in [-0.3, -0.25) is 4.79 Å². The largest absolute Gasteiger partial charge is 0.419 e. The molecule has 2 aromatic heterocycles. The van der Waals surface area contributed by atoms with E-state index in [0.717, 1.165) is 12.8 Å². The zero-order valence-electron chi connectivity index (χ0n) is 11.1. The van der Waals surface area contributed by atoms with Crippen LogP contribution in [0.3, 0.4) is 0 Å². The lowest BCUT2D eigenvalue weighted by Gasteiger charge is -2.20. The van der Waals surface area contributed by atoms with Crippen LogP contribution in [0.2, 0.25) is 0 Å². The normalized spacial score (nSPS) is 27.0. The van der Waals surface area contributed by atoms with Crippen LogP contribution >= 0.6 is 22.7 Å². The number of amides is 1. The van der Waals surface area contributed by atoms with Gasteiger partial charge in [-0.15, -0.1) is 5.10 Å². The van der Waals surface area contributed by atoms with E-state index in [1.807, 2.05) is 0 Å². The van der Waals surface area contributed by atoms with Crippen LogP contribution in [0.1, 0.15) is 28.9 Å². The highest BCUT2D eigenvalue weighted by molar-refractivity contribution is 7.16. The average Bonchev–Trinajstić information content (AvgIpc) is 3.24. The van der Waals surface area contributed by atoms with Crippen LogP contribution in [0.25, 0.3) is 0 Å². The SMILES string of the molecule is O=C(N[C@@H]1C[C@H]2CC[C@@H]1N2)c1ccc(Oc2nncs2)s1. The van der Waals surface area contributed by atoms with E-state index in [1.165, 1.54) is 29.1 Å². The Morgan fingerprint density at radius 1 is 1.43 bits per heavy atom. The molecule has 2 N–H and O–H groups in total. The zero-order valence-corrected chi connectivity index (χ0v) is 12.7. The van der Waals surface area contributed by atoms with Crippen molar-refractivity contribution in [2.24, 2.45) is 0 Å². The first-order chi connectivity index (χ1) is 10.3. The molecule has 2 fully saturated rings. The van der Waals surface area contributed by atoms with E-state index in [9.17, 15) is 4.79 Å². The number of nitrogens with zero attached hydrogens (tertiary/aromatic N) is 2. The van der Waals surface area contributed by atoms with Gasteiger partial charge in [0.25, 0.3) is 11.1 Å². The minimum absolute atomic E-state index is 0.0218. The maximum atomic E-state index is 12.3. The van der Waals surface area contributed by atoms with Crippen LogP contribution < -0.4 is 15.4 Å². The minimum Gasteiger partial charge on any atom is -0.419 e. The molecule has 0 saturated carbocycles. The molecular weight excluding hydrogens is 308 g/mol. The molecule has 4 heterocycles. The molecule has 0 spiro atoms. The molecule has 2 aromatic rings. The van der Waals surface area contributed by atoms with Gasteiger partial charge >= 0.3 is 0 Å². The Kier molecular flexibility index (Phi) is 3.36. The van der Waals surface area contributed by atoms with Crippen molar-refractivity contribution >= 4 is 28.6 Å². The molecule has 4 rings (SSSR count). The van der Waals surface area contributed by atoms with Crippen LogP contribution in [0, 0.1) is 0 Å². The van der Waals surface area contributed by atoms with E-state index in [-0.39, 0.29) is 11.9 Å². The summed E-state index contributed by atoms with van der Waals surface area (Å²) in [5.41, 5.74) is 1.61. The van der Waals surface area contributed by atoms with Crippen LogP contribution in [-0.4, -0.2) is 34.2 Å². The molecule has 0 unspecified atom stereocenters. The van der Waals surface area contributed by atoms with Crippen LogP contribution in [0.5, 0.6) is 10.3 Å². The Bertz CT molecular complexity index is 642. The topological polar surface area (TPSA) is 76.1 Å². The molecule has 21 heavy (non-hydrogen) atoms. The number of carbonyl (C=O) groups excluding carboxylic acids is 1. The Hall–Kier alpha value is -1.51. The highest BCUT2D eigenvalue weighted by Crippen LogP contribution is 2.31. The van der Waals surface area contributed by atoms with Gasteiger partial charge in [-0.1, -0.05) is 27.8 Å². The van der Waals surface area contributed by atoms with Crippen LogP contribution in [-0.2, 0) is 0 Å². The van der Waals surface area contributed by atoms with Crippen molar-refractivity contribution < 1.29 is 9.53 Å². The molecular formula is C13H14N4O2S2. The van der Waals surface area contributed by atoms with Gasteiger partial charge in [0.15, 0.2) is 5.06 Å². The third-order valence-electron chi connectivity index (χ3n) is 3.95. The van der Waals surface area contributed by atoms with Crippen molar-refractivity contribution in [1.29, 1.82) is 0 Å². The number of rotatable bonds is 4. The Labute approximate surface area is 129 Å². The van der Waals surface area contributed by atoms with Crippen molar-refractivity contribution in [3.8, 4) is 10.3 Å². The van der Waals surface area contributed by atoms with E-state index >= 15 is 0 Å². The lowest BCUT2D eigenvalue weighted by molar-refractivity contribution is 0.0935. The Balaban J connectivity index is 1.39. The number of thiophene rings is 1. The van der Waals surface area contributed by atoms with Crippen molar-refractivity contribution in [2.45, 2.75) is 37.4 Å². The van der Waals surface area contributed by atoms with Gasteiger partial charge in [-0.05, 0) is 31.4 Å². The smallest absolute Gasteiger partial charge is 0.300 e. The first-order valence-corrected chi connectivity index (χ1v) is 8.58. The minimum atomic E-state index is -0.0218. The molecule has 3 atom stereocenters. The average molecular weight is 322 g/mol. The zero-order chi connectivity index (χ0) is 14.2. The van der Waals surface area contributed by atoms with Crippen LogP contribution in [0.15, 0.2) is 17.6 Å². The predicted octanol–water partition coefficient (Wildman–Crippen LogP) is 2.01. The van der Waals surface area contributed by atoms with Crippen molar-refractivity contribution in [2.75, 3.05) is 0 Å². The van der Waals surface area contributed by atoms with Gasteiger partial charge in [-0.2, -0.15) is 0 Å². The summed E-state index contributed by atoms with van der Waals surface area (Å²) >= 11 is 2.65. The number of hydrogen-bond donors (Lipinski definition) is 2. The van der Waals surface area contributed by atoms with Crippen molar-refractivity contribution in [3.05, 3.63) is 22.5 Å². The summed E-state index contributed by atoms with van der Waals surface area (Å²) in [5.74, 6) is -0.0218. The number of ether oxygens (including phenoxy) is 1. The van der Waals surface area contributed by atoms with E-state index in [4.69, 9.17) is 4.74 Å². The fraction of sp³-hybridized carbons (Fsp3) is 0.462. The molecule has 2 bridgehead atoms. The summed E-state index contributed by atoms with van der Waals surface area (Å²) in [6, 6.07) is 4.86. The molecule has 2 saturated heterocycles. The van der Waals surface area contributed by atoms with Gasteiger partial charge < -0.3 is 15.4 Å². The second-order valence-corrected chi connectivity index (χ2v) is 7.13. The lowest BCUT2D eigenvalue weighted by atomic mass is 9.95. The number of carbonyl (C=O) groups is 1. The summed E-state index contributed by atoms with van der Waals surface area (Å²) in [6.45, 7) is 0. The summed E-state index contributed by atoms with van der Waals surface area (Å²) in [5, 5.41) is 15.3. The molecule has 2 aliphatic rings. The molecule has 0 aliphatic carbocycles.